The average molecular weight is 485 g/mol. The number of methoxy groups -OCH3 is 3. The van der Waals surface area contributed by atoms with Gasteiger partial charge in [-0.2, -0.15) is 0 Å². The molecule has 8 nitrogen and oxygen atoms in total. The van der Waals surface area contributed by atoms with E-state index in [-0.39, 0.29) is 10.6 Å². The van der Waals surface area contributed by atoms with E-state index in [1.807, 2.05) is 13.0 Å². The van der Waals surface area contributed by atoms with Crippen molar-refractivity contribution < 1.29 is 27.4 Å². The fraction of sp³-hybridized carbons (Fsp3) is 0.240. The third-order valence-corrected chi connectivity index (χ3v) is 6.86. The number of sulfonamides is 1. The van der Waals surface area contributed by atoms with Crippen LogP contribution in [0.2, 0.25) is 0 Å². The number of ether oxygens (including phenoxy) is 3. The number of carbonyl (C=O) groups excluding carboxylic acids is 1. The van der Waals surface area contributed by atoms with Crippen LogP contribution in [0.25, 0.3) is 0 Å². The maximum Gasteiger partial charge on any atom is 0.264 e. The molecular formula is C25H28N2O6S. The molecule has 0 aromatic heterocycles. The SMILES string of the molecule is COCc1cccc(NC(=O)CN(c2ccc(OC)c(OC)c2)S(=O)(=O)c2ccc(C)cc2)c1. The molecule has 3 aromatic carbocycles. The minimum absolute atomic E-state index is 0.0720. The molecule has 0 aliphatic carbocycles. The highest BCUT2D eigenvalue weighted by atomic mass is 32.2. The molecule has 3 rings (SSSR count). The zero-order valence-electron chi connectivity index (χ0n) is 19.6. The minimum atomic E-state index is -4.06. The fourth-order valence-electron chi connectivity index (χ4n) is 3.37. The van der Waals surface area contributed by atoms with E-state index in [2.05, 4.69) is 5.32 Å². The van der Waals surface area contributed by atoms with Crippen LogP contribution in [0.1, 0.15) is 11.1 Å². The van der Waals surface area contributed by atoms with Crippen molar-refractivity contribution in [2.45, 2.75) is 18.4 Å². The molecule has 1 amide bonds. The van der Waals surface area contributed by atoms with Crippen molar-refractivity contribution in [3.8, 4) is 11.5 Å². The summed E-state index contributed by atoms with van der Waals surface area (Å²) in [7, 11) is 0.470. The number of nitrogens with one attached hydrogen (secondary N) is 1. The number of amides is 1. The number of benzene rings is 3. The molecule has 180 valence electrons. The lowest BCUT2D eigenvalue weighted by Crippen LogP contribution is -2.38. The third-order valence-electron chi connectivity index (χ3n) is 5.07. The second-order valence-electron chi connectivity index (χ2n) is 7.55. The van der Waals surface area contributed by atoms with Gasteiger partial charge in [0.15, 0.2) is 11.5 Å². The number of rotatable bonds is 10. The van der Waals surface area contributed by atoms with Gasteiger partial charge in [0.05, 0.1) is 31.4 Å². The highest BCUT2D eigenvalue weighted by molar-refractivity contribution is 7.92. The van der Waals surface area contributed by atoms with Crippen LogP contribution < -0.4 is 19.1 Å². The van der Waals surface area contributed by atoms with Crippen molar-refractivity contribution in [3.63, 3.8) is 0 Å². The van der Waals surface area contributed by atoms with Crippen LogP contribution in [0, 0.1) is 6.92 Å². The molecule has 9 heteroatoms. The van der Waals surface area contributed by atoms with Crippen molar-refractivity contribution in [3.05, 3.63) is 77.9 Å². The van der Waals surface area contributed by atoms with Crippen molar-refractivity contribution >= 4 is 27.3 Å². The molecule has 0 atom stereocenters. The number of aryl methyl sites for hydroxylation is 1. The molecule has 3 aromatic rings. The lowest BCUT2D eigenvalue weighted by molar-refractivity contribution is -0.114. The largest absolute Gasteiger partial charge is 0.493 e. The summed E-state index contributed by atoms with van der Waals surface area (Å²) >= 11 is 0. The van der Waals surface area contributed by atoms with Crippen LogP contribution in [0.15, 0.2) is 71.6 Å². The normalized spacial score (nSPS) is 11.1. The van der Waals surface area contributed by atoms with Gasteiger partial charge in [0.2, 0.25) is 5.91 Å². The molecule has 0 spiro atoms. The topological polar surface area (TPSA) is 94.2 Å². The molecule has 0 saturated carbocycles. The van der Waals surface area contributed by atoms with Gasteiger partial charge in [-0.3, -0.25) is 9.10 Å². The van der Waals surface area contributed by atoms with E-state index in [9.17, 15) is 13.2 Å². The molecule has 0 saturated heterocycles. The lowest BCUT2D eigenvalue weighted by atomic mass is 10.2. The highest BCUT2D eigenvalue weighted by Crippen LogP contribution is 2.34. The third kappa shape index (κ3) is 5.86. The lowest BCUT2D eigenvalue weighted by Gasteiger charge is -2.25. The first-order chi connectivity index (χ1) is 16.3. The molecule has 0 unspecified atom stereocenters. The van der Waals surface area contributed by atoms with E-state index in [1.54, 1.807) is 49.6 Å². The number of nitrogens with zero attached hydrogens (tertiary/aromatic N) is 1. The Morgan fingerprint density at radius 2 is 1.62 bits per heavy atom. The van der Waals surface area contributed by atoms with Crippen LogP contribution in [0.3, 0.4) is 0 Å². The van der Waals surface area contributed by atoms with Crippen LogP contribution in [-0.2, 0) is 26.2 Å². The molecule has 34 heavy (non-hydrogen) atoms. The van der Waals surface area contributed by atoms with Crippen LogP contribution in [0.5, 0.6) is 11.5 Å². The average Bonchev–Trinajstić information content (AvgIpc) is 2.82. The number of carbonyl (C=O) groups is 1. The van der Waals surface area contributed by atoms with E-state index in [0.29, 0.717) is 23.8 Å². The molecule has 0 radical (unpaired) electrons. The quantitative estimate of drug-likeness (QED) is 0.468. The summed E-state index contributed by atoms with van der Waals surface area (Å²) < 4.78 is 43.9. The molecule has 0 heterocycles. The summed E-state index contributed by atoms with van der Waals surface area (Å²) in [5.74, 6) is 0.287. The zero-order chi connectivity index (χ0) is 24.7. The Labute approximate surface area is 200 Å². The van der Waals surface area contributed by atoms with Gasteiger partial charge >= 0.3 is 0 Å². The molecule has 0 aliphatic rings. The second kappa shape index (κ2) is 11.0. The van der Waals surface area contributed by atoms with Gasteiger partial charge in [0.1, 0.15) is 6.54 Å². The van der Waals surface area contributed by atoms with Crippen LogP contribution in [-0.4, -0.2) is 42.2 Å². The Bertz CT molecular complexity index is 1240. The van der Waals surface area contributed by atoms with Gasteiger partial charge in [0, 0.05) is 18.9 Å². The maximum atomic E-state index is 13.6. The van der Waals surface area contributed by atoms with Crippen molar-refractivity contribution in [2.24, 2.45) is 0 Å². The van der Waals surface area contributed by atoms with Gasteiger partial charge in [-0.1, -0.05) is 29.8 Å². The Morgan fingerprint density at radius 3 is 2.26 bits per heavy atom. The summed E-state index contributed by atoms with van der Waals surface area (Å²) in [6, 6.07) is 18.3. The Morgan fingerprint density at radius 1 is 0.912 bits per heavy atom. The van der Waals surface area contributed by atoms with Crippen molar-refractivity contribution in [1.29, 1.82) is 0 Å². The van der Waals surface area contributed by atoms with Crippen LogP contribution in [0.4, 0.5) is 11.4 Å². The first kappa shape index (κ1) is 25.1. The predicted molar refractivity (Wildman–Crippen MR) is 131 cm³/mol. The number of anilines is 2. The second-order valence-corrected chi connectivity index (χ2v) is 9.41. The fourth-order valence-corrected chi connectivity index (χ4v) is 4.78. The van der Waals surface area contributed by atoms with Crippen molar-refractivity contribution in [1.82, 2.24) is 0 Å². The first-order valence-electron chi connectivity index (χ1n) is 10.5. The van der Waals surface area contributed by atoms with E-state index >= 15 is 0 Å². The zero-order valence-corrected chi connectivity index (χ0v) is 20.4. The summed E-state index contributed by atoms with van der Waals surface area (Å²) in [6.45, 7) is 1.82. The van der Waals surface area contributed by atoms with Gasteiger partial charge in [-0.05, 0) is 48.9 Å². The summed E-state index contributed by atoms with van der Waals surface area (Å²) in [6.07, 6.45) is 0. The van der Waals surface area contributed by atoms with Gasteiger partial charge < -0.3 is 19.5 Å². The molecular weight excluding hydrogens is 456 g/mol. The maximum absolute atomic E-state index is 13.6. The van der Waals surface area contributed by atoms with Gasteiger partial charge in [-0.25, -0.2) is 8.42 Å². The van der Waals surface area contributed by atoms with E-state index in [1.165, 1.54) is 32.4 Å². The minimum Gasteiger partial charge on any atom is -0.493 e. The number of hydrogen-bond donors (Lipinski definition) is 1. The Kier molecular flexibility index (Phi) is 8.14. The summed E-state index contributed by atoms with van der Waals surface area (Å²) in [5, 5.41) is 2.77. The highest BCUT2D eigenvalue weighted by Gasteiger charge is 2.28. The molecule has 0 bridgehead atoms. The molecule has 1 N–H and O–H groups in total. The monoisotopic (exact) mass is 484 g/mol. The predicted octanol–water partition coefficient (Wildman–Crippen LogP) is 3.99. The van der Waals surface area contributed by atoms with E-state index in [4.69, 9.17) is 14.2 Å². The number of hydrogen-bond acceptors (Lipinski definition) is 6. The molecule has 0 aliphatic heterocycles. The first-order valence-corrected chi connectivity index (χ1v) is 11.9. The summed E-state index contributed by atoms with van der Waals surface area (Å²) in [4.78, 5) is 13.0. The van der Waals surface area contributed by atoms with Crippen LogP contribution >= 0.6 is 0 Å². The molecule has 0 fully saturated rings. The van der Waals surface area contributed by atoms with E-state index < -0.39 is 22.5 Å². The van der Waals surface area contributed by atoms with E-state index in [0.717, 1.165) is 15.4 Å². The smallest absolute Gasteiger partial charge is 0.264 e. The van der Waals surface area contributed by atoms with Crippen molar-refractivity contribution in [2.75, 3.05) is 37.5 Å². The standard InChI is InChI=1S/C25H28N2O6S/c1-18-8-11-22(12-9-18)34(29,30)27(21-10-13-23(32-3)24(15-21)33-4)16-25(28)26-20-7-5-6-19(14-20)17-31-2/h5-15H,16-17H2,1-4H3,(H,26,28). The Balaban J connectivity index is 1.97. The summed E-state index contributed by atoms with van der Waals surface area (Å²) in [5.41, 5.74) is 2.61. The van der Waals surface area contributed by atoms with Gasteiger partial charge in [-0.15, -0.1) is 0 Å². The van der Waals surface area contributed by atoms with Gasteiger partial charge in [0.25, 0.3) is 10.0 Å². The Hall–Kier alpha value is -3.56.